The summed E-state index contributed by atoms with van der Waals surface area (Å²) in [5.74, 6) is 1.21. The number of halogens is 1. The lowest BCUT2D eigenvalue weighted by molar-refractivity contribution is 0.428. The maximum absolute atomic E-state index is 11.3. The summed E-state index contributed by atoms with van der Waals surface area (Å²) in [7, 11) is -2.82. The Balaban J connectivity index is 0.00000144. The van der Waals surface area contributed by atoms with Crippen molar-refractivity contribution < 1.29 is 8.42 Å². The van der Waals surface area contributed by atoms with Crippen molar-refractivity contribution in [2.24, 2.45) is 11.3 Å². The van der Waals surface area contributed by atoms with Crippen LogP contribution in [0.4, 0.5) is 0 Å². The van der Waals surface area contributed by atoms with Crippen LogP contribution in [-0.2, 0) is 9.84 Å². The van der Waals surface area contributed by atoms with E-state index in [-0.39, 0.29) is 17.8 Å². The predicted octanol–water partition coefficient (Wildman–Crippen LogP) is 2.01. The number of hydrogen-bond donors (Lipinski definition) is 1. The van der Waals surface area contributed by atoms with Gasteiger partial charge in [-0.1, -0.05) is 6.92 Å². The number of sulfone groups is 1. The molecular formula is C12H24ClNO2S. The van der Waals surface area contributed by atoms with E-state index in [4.69, 9.17) is 0 Å². The van der Waals surface area contributed by atoms with Gasteiger partial charge in [-0.25, -0.2) is 8.42 Å². The minimum Gasteiger partial charge on any atom is -0.313 e. The van der Waals surface area contributed by atoms with E-state index < -0.39 is 9.84 Å². The Morgan fingerprint density at radius 1 is 1.29 bits per heavy atom. The Kier molecular flexibility index (Phi) is 4.89. The maximum atomic E-state index is 11.3. The third-order valence-corrected chi connectivity index (χ3v) is 5.12. The van der Waals surface area contributed by atoms with E-state index in [9.17, 15) is 8.42 Å². The van der Waals surface area contributed by atoms with E-state index in [1.165, 1.54) is 25.5 Å². The highest BCUT2D eigenvalue weighted by molar-refractivity contribution is 7.90. The number of rotatable bonds is 5. The summed E-state index contributed by atoms with van der Waals surface area (Å²) in [6, 6.07) is 0.632. The Morgan fingerprint density at radius 2 is 1.94 bits per heavy atom. The summed E-state index contributed by atoms with van der Waals surface area (Å²) in [4.78, 5) is 0. The Hall–Kier alpha value is 0.200. The van der Waals surface area contributed by atoms with Crippen molar-refractivity contribution in [1.29, 1.82) is 0 Å². The zero-order valence-electron chi connectivity index (χ0n) is 10.7. The quantitative estimate of drug-likeness (QED) is 0.839. The molecular weight excluding hydrogens is 258 g/mol. The highest BCUT2D eigenvalue weighted by Gasteiger charge is 2.45. The average Bonchev–Trinajstić information content (AvgIpc) is 2.75. The molecule has 2 rings (SSSR count). The molecule has 0 bridgehead atoms. The molecule has 2 saturated carbocycles. The van der Waals surface area contributed by atoms with E-state index in [0.717, 1.165) is 25.3 Å². The molecule has 0 aromatic carbocycles. The fraction of sp³-hybridized carbons (Fsp3) is 1.00. The first-order valence-electron chi connectivity index (χ1n) is 6.30. The SMILES string of the molecule is CC1CCC(NCC2(CS(C)(=O)=O)CC2)C1.Cl. The van der Waals surface area contributed by atoms with Crippen LogP contribution in [0.1, 0.15) is 39.0 Å². The molecule has 0 spiro atoms. The van der Waals surface area contributed by atoms with Crippen LogP contribution in [0.5, 0.6) is 0 Å². The van der Waals surface area contributed by atoms with Gasteiger partial charge >= 0.3 is 0 Å². The van der Waals surface area contributed by atoms with E-state index in [2.05, 4.69) is 12.2 Å². The molecule has 3 nitrogen and oxygen atoms in total. The van der Waals surface area contributed by atoms with Crippen molar-refractivity contribution >= 4 is 22.2 Å². The van der Waals surface area contributed by atoms with E-state index in [1.54, 1.807) is 0 Å². The average molecular weight is 282 g/mol. The van der Waals surface area contributed by atoms with Crippen LogP contribution in [0.2, 0.25) is 0 Å². The Bertz CT molecular complexity index is 352. The topological polar surface area (TPSA) is 46.2 Å². The first-order valence-corrected chi connectivity index (χ1v) is 8.36. The molecule has 2 atom stereocenters. The second-order valence-corrected chi connectivity index (χ2v) is 8.21. The molecule has 17 heavy (non-hydrogen) atoms. The van der Waals surface area contributed by atoms with Gasteiger partial charge in [0.25, 0.3) is 0 Å². The van der Waals surface area contributed by atoms with Crippen molar-refractivity contribution in [3.05, 3.63) is 0 Å². The lowest BCUT2D eigenvalue weighted by Crippen LogP contribution is -2.35. The van der Waals surface area contributed by atoms with Crippen LogP contribution in [0, 0.1) is 11.3 Å². The molecule has 5 heteroatoms. The first kappa shape index (κ1) is 15.3. The van der Waals surface area contributed by atoms with Crippen molar-refractivity contribution in [1.82, 2.24) is 5.32 Å². The summed E-state index contributed by atoms with van der Waals surface area (Å²) in [5.41, 5.74) is 0.0827. The second kappa shape index (κ2) is 5.45. The van der Waals surface area contributed by atoms with Crippen LogP contribution >= 0.6 is 12.4 Å². The molecule has 0 radical (unpaired) electrons. The third kappa shape index (κ3) is 4.76. The van der Waals surface area contributed by atoms with Crippen LogP contribution in [0.15, 0.2) is 0 Å². The Morgan fingerprint density at radius 3 is 2.35 bits per heavy atom. The smallest absolute Gasteiger partial charge is 0.148 e. The second-order valence-electron chi connectivity index (χ2n) is 6.07. The monoisotopic (exact) mass is 281 g/mol. The molecule has 0 heterocycles. The van der Waals surface area contributed by atoms with Crippen molar-refractivity contribution in [3.63, 3.8) is 0 Å². The normalized spacial score (nSPS) is 30.9. The molecule has 102 valence electrons. The summed E-state index contributed by atoms with van der Waals surface area (Å²) in [6.45, 7) is 3.20. The molecule has 2 aliphatic rings. The number of nitrogens with one attached hydrogen (secondary N) is 1. The van der Waals surface area contributed by atoms with Crippen LogP contribution < -0.4 is 5.32 Å². The lowest BCUT2D eigenvalue weighted by atomic mass is 10.1. The highest BCUT2D eigenvalue weighted by Crippen LogP contribution is 2.46. The van der Waals surface area contributed by atoms with Gasteiger partial charge in [-0.2, -0.15) is 0 Å². The zero-order chi connectivity index (χ0) is 11.8. The van der Waals surface area contributed by atoms with Gasteiger partial charge in [0.05, 0.1) is 5.75 Å². The third-order valence-electron chi connectivity index (χ3n) is 3.99. The molecule has 0 aromatic rings. The Labute approximate surface area is 111 Å². The predicted molar refractivity (Wildman–Crippen MR) is 73.4 cm³/mol. The minimum atomic E-state index is -2.82. The largest absolute Gasteiger partial charge is 0.313 e. The van der Waals surface area contributed by atoms with Crippen molar-refractivity contribution in [2.45, 2.75) is 45.1 Å². The fourth-order valence-electron chi connectivity index (χ4n) is 2.86. The van der Waals surface area contributed by atoms with E-state index >= 15 is 0 Å². The van der Waals surface area contributed by atoms with Gasteiger partial charge in [0.2, 0.25) is 0 Å². The molecule has 2 aliphatic carbocycles. The van der Waals surface area contributed by atoms with Gasteiger partial charge in [0.15, 0.2) is 0 Å². The summed E-state index contributed by atoms with van der Waals surface area (Å²) < 4.78 is 22.6. The van der Waals surface area contributed by atoms with E-state index in [1.807, 2.05) is 0 Å². The molecule has 0 saturated heterocycles. The lowest BCUT2D eigenvalue weighted by Gasteiger charge is -2.18. The van der Waals surface area contributed by atoms with Crippen LogP contribution in [0.3, 0.4) is 0 Å². The van der Waals surface area contributed by atoms with Gasteiger partial charge in [0, 0.05) is 18.8 Å². The van der Waals surface area contributed by atoms with Gasteiger partial charge in [-0.05, 0) is 43.4 Å². The van der Waals surface area contributed by atoms with Crippen LogP contribution in [0.25, 0.3) is 0 Å². The molecule has 0 amide bonds. The summed E-state index contributed by atoms with van der Waals surface area (Å²) in [5, 5.41) is 3.57. The first-order chi connectivity index (χ1) is 7.39. The standard InChI is InChI=1S/C12H23NO2S.ClH/c1-10-3-4-11(7-10)13-8-12(5-6-12)9-16(2,14)15;/h10-11,13H,3-9H2,1-2H3;1H. The van der Waals surface area contributed by atoms with E-state index in [0.29, 0.717) is 11.8 Å². The van der Waals surface area contributed by atoms with Gasteiger partial charge in [0.1, 0.15) is 9.84 Å². The highest BCUT2D eigenvalue weighted by atomic mass is 35.5. The summed E-state index contributed by atoms with van der Waals surface area (Å²) >= 11 is 0. The van der Waals surface area contributed by atoms with Gasteiger partial charge < -0.3 is 5.32 Å². The maximum Gasteiger partial charge on any atom is 0.148 e. The fourth-order valence-corrected chi connectivity index (χ4v) is 4.36. The molecule has 0 aliphatic heterocycles. The van der Waals surface area contributed by atoms with Gasteiger partial charge in [-0.3, -0.25) is 0 Å². The number of hydrogen-bond acceptors (Lipinski definition) is 3. The molecule has 0 aromatic heterocycles. The molecule has 1 N–H and O–H groups in total. The zero-order valence-corrected chi connectivity index (χ0v) is 12.4. The van der Waals surface area contributed by atoms with Gasteiger partial charge in [-0.15, -0.1) is 12.4 Å². The molecule has 2 unspecified atom stereocenters. The minimum absolute atomic E-state index is 0. The molecule has 2 fully saturated rings. The van der Waals surface area contributed by atoms with Crippen molar-refractivity contribution in [3.8, 4) is 0 Å². The summed E-state index contributed by atoms with van der Waals surface area (Å²) in [6.07, 6.45) is 7.34. The van der Waals surface area contributed by atoms with Crippen molar-refractivity contribution in [2.75, 3.05) is 18.6 Å². The van der Waals surface area contributed by atoms with Crippen LogP contribution in [-0.4, -0.2) is 33.0 Å².